The predicted molar refractivity (Wildman–Crippen MR) is 70.1 cm³/mol. The first-order chi connectivity index (χ1) is 8.81. The van der Waals surface area contributed by atoms with E-state index < -0.39 is 17.2 Å². The summed E-state index contributed by atoms with van der Waals surface area (Å²) >= 11 is 0. The van der Waals surface area contributed by atoms with Crippen LogP contribution < -0.4 is 5.32 Å². The molecule has 0 saturated heterocycles. The second-order valence-corrected chi connectivity index (χ2v) is 5.91. The molecule has 0 aliphatic heterocycles. The van der Waals surface area contributed by atoms with E-state index in [2.05, 4.69) is 5.32 Å². The number of benzene rings is 1. The van der Waals surface area contributed by atoms with Crippen LogP contribution in [0.2, 0.25) is 0 Å². The van der Waals surface area contributed by atoms with Crippen LogP contribution in [0.5, 0.6) is 0 Å². The lowest BCUT2D eigenvalue weighted by molar-refractivity contribution is -0.138. The van der Waals surface area contributed by atoms with Crippen molar-refractivity contribution in [2.45, 2.75) is 50.7 Å². The van der Waals surface area contributed by atoms with Gasteiger partial charge in [0.25, 0.3) is 0 Å². The Kier molecular flexibility index (Phi) is 3.90. The third-order valence-electron chi connectivity index (χ3n) is 3.72. The molecule has 1 fully saturated rings. The van der Waals surface area contributed by atoms with Gasteiger partial charge in [0.2, 0.25) is 0 Å². The fourth-order valence-electron chi connectivity index (χ4n) is 2.33. The second kappa shape index (κ2) is 5.16. The maximum absolute atomic E-state index is 13.0. The first-order valence-electron chi connectivity index (χ1n) is 6.71. The summed E-state index contributed by atoms with van der Waals surface area (Å²) in [6.07, 6.45) is -1.19. The Bertz CT molecular complexity index is 433. The molecule has 1 aromatic carbocycles. The average molecular weight is 271 g/mol. The molecule has 0 heterocycles. The van der Waals surface area contributed by atoms with Crippen molar-refractivity contribution in [3.63, 3.8) is 0 Å². The zero-order valence-electron chi connectivity index (χ0n) is 11.3. The molecular formula is C15H20F3N. The van der Waals surface area contributed by atoms with Crippen molar-refractivity contribution >= 4 is 0 Å². The topological polar surface area (TPSA) is 12.0 Å². The fourth-order valence-corrected chi connectivity index (χ4v) is 2.33. The van der Waals surface area contributed by atoms with Gasteiger partial charge in [-0.25, -0.2) is 0 Å². The summed E-state index contributed by atoms with van der Waals surface area (Å²) in [7, 11) is 0. The van der Waals surface area contributed by atoms with Crippen molar-refractivity contribution in [3.05, 3.63) is 35.4 Å². The molecular weight excluding hydrogens is 251 g/mol. The van der Waals surface area contributed by atoms with Crippen LogP contribution in [0.15, 0.2) is 24.3 Å². The van der Waals surface area contributed by atoms with Gasteiger partial charge in [-0.1, -0.05) is 32.0 Å². The highest BCUT2D eigenvalue weighted by molar-refractivity contribution is 5.35. The highest BCUT2D eigenvalue weighted by Gasteiger charge is 2.37. The highest BCUT2D eigenvalue weighted by atomic mass is 19.4. The Morgan fingerprint density at radius 1 is 1.11 bits per heavy atom. The molecule has 1 saturated carbocycles. The van der Waals surface area contributed by atoms with Gasteiger partial charge in [0.1, 0.15) is 0 Å². The number of hydrogen-bond acceptors (Lipinski definition) is 1. The number of hydrogen-bond donors (Lipinski definition) is 1. The SMILES string of the molecule is CC(C)(CCNC1CC1)c1ccccc1C(F)(F)F. The van der Waals surface area contributed by atoms with E-state index >= 15 is 0 Å². The summed E-state index contributed by atoms with van der Waals surface area (Å²) in [5.74, 6) is 0. The van der Waals surface area contributed by atoms with Gasteiger partial charge in [0.05, 0.1) is 5.56 Å². The van der Waals surface area contributed by atoms with Crippen molar-refractivity contribution in [1.29, 1.82) is 0 Å². The largest absolute Gasteiger partial charge is 0.416 e. The van der Waals surface area contributed by atoms with Crippen LogP contribution in [-0.4, -0.2) is 12.6 Å². The minimum atomic E-state index is -4.28. The Morgan fingerprint density at radius 3 is 2.21 bits per heavy atom. The summed E-state index contributed by atoms with van der Waals surface area (Å²) in [4.78, 5) is 0. The Labute approximate surface area is 112 Å². The fraction of sp³-hybridized carbons (Fsp3) is 0.600. The molecule has 0 bridgehead atoms. The van der Waals surface area contributed by atoms with Crippen LogP contribution in [0.25, 0.3) is 0 Å². The Morgan fingerprint density at radius 2 is 1.68 bits per heavy atom. The van der Waals surface area contributed by atoms with E-state index in [1.165, 1.54) is 25.0 Å². The number of halogens is 3. The number of alkyl halides is 3. The normalized spacial score (nSPS) is 16.7. The first kappa shape index (κ1) is 14.4. The summed E-state index contributed by atoms with van der Waals surface area (Å²) in [6.45, 7) is 4.53. The lowest BCUT2D eigenvalue weighted by atomic mass is 9.79. The van der Waals surface area contributed by atoms with Gasteiger partial charge >= 0.3 is 6.18 Å². The molecule has 106 valence electrons. The number of nitrogens with one attached hydrogen (secondary N) is 1. The molecule has 1 aromatic rings. The van der Waals surface area contributed by atoms with Gasteiger partial charge in [0.15, 0.2) is 0 Å². The molecule has 0 aromatic heterocycles. The molecule has 1 nitrogen and oxygen atoms in total. The van der Waals surface area contributed by atoms with Crippen LogP contribution in [0.3, 0.4) is 0 Å². The van der Waals surface area contributed by atoms with E-state index in [-0.39, 0.29) is 0 Å². The second-order valence-electron chi connectivity index (χ2n) is 5.91. The molecule has 19 heavy (non-hydrogen) atoms. The van der Waals surface area contributed by atoms with Crippen molar-refractivity contribution in [2.75, 3.05) is 6.54 Å². The van der Waals surface area contributed by atoms with E-state index in [0.717, 1.165) is 6.54 Å². The summed E-state index contributed by atoms with van der Waals surface area (Å²) in [5.41, 5.74) is -0.597. The van der Waals surface area contributed by atoms with Crippen molar-refractivity contribution in [2.24, 2.45) is 0 Å². The quantitative estimate of drug-likeness (QED) is 0.849. The third-order valence-corrected chi connectivity index (χ3v) is 3.72. The minimum absolute atomic E-state index is 0.389. The standard InChI is InChI=1S/C15H20F3N/c1-14(2,9-10-19-11-7-8-11)12-5-3-4-6-13(12)15(16,17)18/h3-6,11,19H,7-10H2,1-2H3. The highest BCUT2D eigenvalue weighted by Crippen LogP contribution is 2.38. The van der Waals surface area contributed by atoms with Gasteiger partial charge < -0.3 is 5.32 Å². The lowest BCUT2D eigenvalue weighted by Gasteiger charge is -2.28. The maximum atomic E-state index is 13.0. The predicted octanol–water partition coefficient (Wildman–Crippen LogP) is 4.13. The molecule has 0 unspecified atom stereocenters. The molecule has 0 amide bonds. The smallest absolute Gasteiger partial charge is 0.314 e. The van der Waals surface area contributed by atoms with Crippen molar-refractivity contribution in [3.8, 4) is 0 Å². The van der Waals surface area contributed by atoms with E-state index in [0.29, 0.717) is 18.0 Å². The van der Waals surface area contributed by atoms with E-state index in [9.17, 15) is 13.2 Å². The molecule has 1 aliphatic carbocycles. The van der Waals surface area contributed by atoms with E-state index in [1.807, 2.05) is 13.8 Å². The molecule has 0 spiro atoms. The average Bonchev–Trinajstić information content (AvgIpc) is 3.12. The van der Waals surface area contributed by atoms with Gasteiger partial charge in [-0.3, -0.25) is 0 Å². The third kappa shape index (κ3) is 3.72. The van der Waals surface area contributed by atoms with Gasteiger partial charge in [0, 0.05) is 6.04 Å². The van der Waals surface area contributed by atoms with Crippen molar-refractivity contribution in [1.82, 2.24) is 5.32 Å². The molecule has 0 radical (unpaired) electrons. The molecule has 1 aliphatic rings. The van der Waals surface area contributed by atoms with E-state index in [4.69, 9.17) is 0 Å². The van der Waals surface area contributed by atoms with Gasteiger partial charge in [-0.05, 0) is 42.9 Å². The molecule has 2 rings (SSSR count). The number of rotatable bonds is 5. The lowest BCUT2D eigenvalue weighted by Crippen LogP contribution is -2.28. The zero-order chi connectivity index (χ0) is 14.1. The minimum Gasteiger partial charge on any atom is -0.314 e. The van der Waals surface area contributed by atoms with Crippen LogP contribution in [0.1, 0.15) is 44.2 Å². The van der Waals surface area contributed by atoms with Crippen LogP contribution in [-0.2, 0) is 11.6 Å². The summed E-state index contributed by atoms with van der Waals surface area (Å²) < 4.78 is 39.1. The van der Waals surface area contributed by atoms with E-state index in [1.54, 1.807) is 12.1 Å². The van der Waals surface area contributed by atoms with Crippen LogP contribution in [0.4, 0.5) is 13.2 Å². The molecule has 4 heteroatoms. The Hall–Kier alpha value is -1.03. The Balaban J connectivity index is 2.13. The monoisotopic (exact) mass is 271 g/mol. The van der Waals surface area contributed by atoms with Crippen molar-refractivity contribution < 1.29 is 13.2 Å². The van der Waals surface area contributed by atoms with Gasteiger partial charge in [-0.2, -0.15) is 13.2 Å². The molecule has 1 N–H and O–H groups in total. The maximum Gasteiger partial charge on any atom is 0.416 e. The zero-order valence-corrected chi connectivity index (χ0v) is 11.3. The summed E-state index contributed by atoms with van der Waals surface area (Å²) in [6, 6.07) is 6.49. The first-order valence-corrected chi connectivity index (χ1v) is 6.71. The molecule has 0 atom stereocenters. The van der Waals surface area contributed by atoms with Crippen LogP contribution >= 0.6 is 0 Å². The van der Waals surface area contributed by atoms with Crippen LogP contribution in [0, 0.1) is 0 Å². The summed E-state index contributed by atoms with van der Waals surface area (Å²) in [5, 5.41) is 3.36. The van der Waals surface area contributed by atoms with Gasteiger partial charge in [-0.15, -0.1) is 0 Å².